The van der Waals surface area contributed by atoms with E-state index in [1.165, 1.54) is 17.4 Å². The maximum atomic E-state index is 12.4. The van der Waals surface area contributed by atoms with Crippen LogP contribution in [0.2, 0.25) is 0 Å². The predicted octanol–water partition coefficient (Wildman–Crippen LogP) is 1.53. The number of anilines is 1. The van der Waals surface area contributed by atoms with Gasteiger partial charge in [0.15, 0.2) is 0 Å². The van der Waals surface area contributed by atoms with Gasteiger partial charge in [0.25, 0.3) is 10.0 Å². The molecule has 7 nitrogen and oxygen atoms in total. The monoisotopic (exact) mass is 328 g/mol. The number of aliphatic hydroxyl groups is 1. The minimum atomic E-state index is -3.70. The van der Waals surface area contributed by atoms with Crippen molar-refractivity contribution >= 4 is 26.5 Å². The quantitative estimate of drug-likeness (QED) is 0.838. The van der Waals surface area contributed by atoms with E-state index in [0.29, 0.717) is 18.2 Å². The highest BCUT2D eigenvalue weighted by atomic mass is 32.2. The maximum absolute atomic E-state index is 12.4. The van der Waals surface area contributed by atoms with Crippen molar-refractivity contribution in [1.82, 2.24) is 14.8 Å². The summed E-state index contributed by atoms with van der Waals surface area (Å²) in [6.45, 7) is 1.76. The third kappa shape index (κ3) is 2.94. The minimum absolute atomic E-state index is 0.145. The van der Waals surface area contributed by atoms with Gasteiger partial charge in [0.1, 0.15) is 9.90 Å². The van der Waals surface area contributed by atoms with Crippen molar-refractivity contribution in [2.75, 3.05) is 4.72 Å². The molecule has 0 saturated heterocycles. The fourth-order valence-electron chi connectivity index (χ4n) is 2.07. The molecule has 2 heterocycles. The van der Waals surface area contributed by atoms with Crippen LogP contribution in [0.15, 0.2) is 17.2 Å². The molecule has 2 aromatic rings. The van der Waals surface area contributed by atoms with Gasteiger partial charge in [-0.3, -0.25) is 4.72 Å². The largest absolute Gasteiger partial charge is 0.390 e. The van der Waals surface area contributed by atoms with Crippen LogP contribution in [0.3, 0.4) is 0 Å². The molecule has 9 heteroatoms. The van der Waals surface area contributed by atoms with Crippen LogP contribution in [0.4, 0.5) is 5.13 Å². The summed E-state index contributed by atoms with van der Waals surface area (Å²) in [5.74, 6) is 0. The lowest BCUT2D eigenvalue weighted by atomic mass is 10.4. The van der Waals surface area contributed by atoms with Crippen LogP contribution < -0.4 is 4.72 Å². The maximum Gasteiger partial charge on any atom is 0.265 e. The minimum Gasteiger partial charge on any atom is -0.390 e. The van der Waals surface area contributed by atoms with Crippen LogP contribution in [0.5, 0.6) is 0 Å². The Labute approximate surface area is 126 Å². The van der Waals surface area contributed by atoms with Gasteiger partial charge in [-0.2, -0.15) is 0 Å². The molecular formula is C12H16N4O3S2. The number of aromatic nitrogens is 3. The third-order valence-corrected chi connectivity index (χ3v) is 5.73. The van der Waals surface area contributed by atoms with E-state index in [1.54, 1.807) is 6.20 Å². The zero-order chi connectivity index (χ0) is 15.0. The van der Waals surface area contributed by atoms with E-state index in [0.717, 1.165) is 17.8 Å². The normalized spacial score (nSPS) is 15.3. The highest BCUT2D eigenvalue weighted by Gasteiger charge is 2.28. The zero-order valence-corrected chi connectivity index (χ0v) is 13.1. The summed E-state index contributed by atoms with van der Waals surface area (Å²) < 4.78 is 29.0. The fourth-order valence-corrected chi connectivity index (χ4v) is 4.03. The molecule has 114 valence electrons. The summed E-state index contributed by atoms with van der Waals surface area (Å²) in [5, 5.41) is 18.1. The number of aliphatic hydroxyl groups excluding tert-OH is 1. The molecule has 1 aliphatic rings. The summed E-state index contributed by atoms with van der Waals surface area (Å²) in [7, 11) is -3.70. The summed E-state index contributed by atoms with van der Waals surface area (Å²) >= 11 is 1.22. The molecule has 21 heavy (non-hydrogen) atoms. The first-order valence-electron chi connectivity index (χ1n) is 6.70. The molecule has 0 amide bonds. The Balaban J connectivity index is 1.87. The van der Waals surface area contributed by atoms with Gasteiger partial charge >= 0.3 is 0 Å². The molecule has 1 saturated carbocycles. The van der Waals surface area contributed by atoms with E-state index in [4.69, 9.17) is 0 Å². The molecule has 1 aliphatic carbocycles. The number of nitrogens with one attached hydrogen (secondary N) is 1. The number of sulfonamides is 1. The number of aryl methyl sites for hydroxylation is 1. The van der Waals surface area contributed by atoms with Crippen molar-refractivity contribution < 1.29 is 13.5 Å². The highest BCUT2D eigenvalue weighted by molar-refractivity contribution is 7.93. The predicted molar refractivity (Wildman–Crippen MR) is 78.7 cm³/mol. The highest BCUT2D eigenvalue weighted by Crippen LogP contribution is 2.37. The second-order valence-corrected chi connectivity index (χ2v) is 7.67. The number of nitrogens with zero attached hydrogens (tertiary/aromatic N) is 3. The van der Waals surface area contributed by atoms with Crippen LogP contribution >= 0.6 is 11.3 Å². The number of hydrogen-bond acceptors (Lipinski definition) is 6. The molecule has 0 aromatic carbocycles. The lowest BCUT2D eigenvalue weighted by Crippen LogP contribution is -2.12. The van der Waals surface area contributed by atoms with E-state index < -0.39 is 10.0 Å². The zero-order valence-electron chi connectivity index (χ0n) is 11.5. The van der Waals surface area contributed by atoms with Crippen molar-refractivity contribution in [2.24, 2.45) is 0 Å². The second-order valence-electron chi connectivity index (χ2n) is 4.92. The fraction of sp³-hybridized carbons (Fsp3) is 0.500. The Morgan fingerprint density at radius 2 is 2.24 bits per heavy atom. The average Bonchev–Trinajstić information content (AvgIpc) is 3.04. The lowest BCUT2D eigenvalue weighted by Gasteiger charge is -2.03. The molecule has 0 unspecified atom stereocenters. The van der Waals surface area contributed by atoms with Crippen molar-refractivity contribution in [1.29, 1.82) is 0 Å². The summed E-state index contributed by atoms with van der Waals surface area (Å²) in [6, 6.07) is 1.81. The average molecular weight is 328 g/mol. The van der Waals surface area contributed by atoms with Crippen molar-refractivity contribution in [2.45, 2.75) is 43.7 Å². The SMILES string of the molecule is CCc1nnc(NS(=O)(=O)c2cc(CO)n(C3CC3)c2)s1. The van der Waals surface area contributed by atoms with Crippen LogP contribution in [0.25, 0.3) is 0 Å². The molecular weight excluding hydrogens is 312 g/mol. The van der Waals surface area contributed by atoms with E-state index in [-0.39, 0.29) is 16.6 Å². The van der Waals surface area contributed by atoms with E-state index >= 15 is 0 Å². The van der Waals surface area contributed by atoms with E-state index in [2.05, 4.69) is 14.9 Å². The van der Waals surface area contributed by atoms with Gasteiger partial charge in [-0.15, -0.1) is 10.2 Å². The van der Waals surface area contributed by atoms with Gasteiger partial charge in [-0.1, -0.05) is 18.3 Å². The Morgan fingerprint density at radius 3 is 2.81 bits per heavy atom. The Hall–Kier alpha value is -1.45. The standard InChI is InChI=1S/C12H16N4O3S2/c1-2-11-13-14-12(20-11)15-21(18,19)10-5-9(7-17)16(6-10)8-3-4-8/h5-6,8,17H,2-4,7H2,1H3,(H,14,15). The van der Waals surface area contributed by atoms with Gasteiger partial charge in [0.05, 0.1) is 6.61 Å². The van der Waals surface area contributed by atoms with Gasteiger partial charge in [0.2, 0.25) is 5.13 Å². The smallest absolute Gasteiger partial charge is 0.265 e. The summed E-state index contributed by atoms with van der Waals surface area (Å²) in [5.41, 5.74) is 0.615. The molecule has 0 radical (unpaired) electrons. The van der Waals surface area contributed by atoms with Crippen LogP contribution in [0.1, 0.15) is 36.5 Å². The first-order valence-corrected chi connectivity index (χ1v) is 9.00. The molecule has 2 N–H and O–H groups in total. The van der Waals surface area contributed by atoms with Crippen molar-refractivity contribution in [3.63, 3.8) is 0 Å². The van der Waals surface area contributed by atoms with E-state index in [9.17, 15) is 13.5 Å². The van der Waals surface area contributed by atoms with Crippen molar-refractivity contribution in [3.05, 3.63) is 23.0 Å². The van der Waals surface area contributed by atoms with Crippen LogP contribution in [0, 0.1) is 0 Å². The van der Waals surface area contributed by atoms with E-state index in [1.807, 2.05) is 11.5 Å². The van der Waals surface area contributed by atoms with Crippen LogP contribution in [-0.2, 0) is 23.1 Å². The molecule has 2 aromatic heterocycles. The molecule has 0 bridgehead atoms. The molecule has 0 aliphatic heterocycles. The van der Waals surface area contributed by atoms with Gasteiger partial charge in [-0.25, -0.2) is 8.42 Å². The molecule has 0 spiro atoms. The third-order valence-electron chi connectivity index (χ3n) is 3.31. The molecule has 1 fully saturated rings. The summed E-state index contributed by atoms with van der Waals surface area (Å²) in [6.07, 6.45) is 4.33. The Morgan fingerprint density at radius 1 is 1.48 bits per heavy atom. The number of hydrogen-bond donors (Lipinski definition) is 2. The first kappa shape index (κ1) is 14.5. The Kier molecular flexibility index (Phi) is 3.72. The second kappa shape index (κ2) is 5.39. The first-order chi connectivity index (χ1) is 10.0. The van der Waals surface area contributed by atoms with Gasteiger partial charge in [0, 0.05) is 17.9 Å². The number of rotatable bonds is 6. The Bertz CT molecular complexity index is 746. The lowest BCUT2D eigenvalue weighted by molar-refractivity contribution is 0.270. The van der Waals surface area contributed by atoms with Gasteiger partial charge < -0.3 is 9.67 Å². The molecule has 3 rings (SSSR count). The van der Waals surface area contributed by atoms with Crippen molar-refractivity contribution in [3.8, 4) is 0 Å². The summed E-state index contributed by atoms with van der Waals surface area (Å²) in [4.78, 5) is 0.145. The van der Waals surface area contributed by atoms with Gasteiger partial charge in [-0.05, 0) is 25.3 Å². The topological polar surface area (TPSA) is 97.1 Å². The molecule has 0 atom stereocenters. The van der Waals surface area contributed by atoms with Crippen LogP contribution in [-0.4, -0.2) is 28.3 Å².